The average Bonchev–Trinajstić information content (AvgIpc) is 3.12. The largest absolute Gasteiger partial charge is 0.497 e. The molecule has 1 saturated carbocycles. The molecule has 0 spiro atoms. The number of rotatable bonds is 5. The van der Waals surface area contributed by atoms with Crippen molar-refractivity contribution in [2.75, 3.05) is 7.11 Å². The van der Waals surface area contributed by atoms with E-state index in [1.807, 2.05) is 24.3 Å². The van der Waals surface area contributed by atoms with Gasteiger partial charge in [0.1, 0.15) is 5.75 Å². The highest BCUT2D eigenvalue weighted by Crippen LogP contribution is 2.38. The highest BCUT2D eigenvalue weighted by molar-refractivity contribution is 5.28. The fourth-order valence-corrected chi connectivity index (χ4v) is 2.16. The van der Waals surface area contributed by atoms with Gasteiger partial charge in [-0.3, -0.25) is 0 Å². The van der Waals surface area contributed by atoms with Gasteiger partial charge in [0, 0.05) is 0 Å². The molecule has 0 saturated heterocycles. The maximum Gasteiger partial charge on any atom is 0.119 e. The van der Waals surface area contributed by atoms with E-state index < -0.39 is 0 Å². The summed E-state index contributed by atoms with van der Waals surface area (Å²) in [7, 11) is 1.67. The number of ether oxygens (including phenoxy) is 1. The Kier molecular flexibility index (Phi) is 3.49. The molecule has 0 aromatic heterocycles. The molecule has 1 fully saturated rings. The quantitative estimate of drug-likeness (QED) is 0.826. The van der Waals surface area contributed by atoms with Gasteiger partial charge in [-0.05, 0) is 48.8 Å². The summed E-state index contributed by atoms with van der Waals surface area (Å²) in [5, 5.41) is 10.1. The van der Waals surface area contributed by atoms with Crippen molar-refractivity contribution in [3.8, 4) is 5.75 Å². The minimum Gasteiger partial charge on any atom is -0.497 e. The normalized spacial score (nSPS) is 19.2. The van der Waals surface area contributed by atoms with Gasteiger partial charge in [0.2, 0.25) is 0 Å². The van der Waals surface area contributed by atoms with Gasteiger partial charge in [0.15, 0.2) is 0 Å². The zero-order valence-electron chi connectivity index (χ0n) is 10.0. The Hall–Kier alpha value is -1.02. The first-order valence-electron chi connectivity index (χ1n) is 6.01. The summed E-state index contributed by atoms with van der Waals surface area (Å²) < 4.78 is 5.18. The Morgan fingerprint density at radius 1 is 1.44 bits per heavy atom. The van der Waals surface area contributed by atoms with Gasteiger partial charge in [-0.15, -0.1) is 0 Å². The molecule has 1 aliphatic rings. The summed E-state index contributed by atoms with van der Waals surface area (Å²) in [6.45, 7) is 2.16. The predicted octanol–water partition coefficient (Wildman–Crippen LogP) is 2.64. The summed E-state index contributed by atoms with van der Waals surface area (Å²) in [5.74, 6) is 2.04. The molecule has 2 rings (SSSR count). The maximum absolute atomic E-state index is 10.1. The SMILES string of the molecule is COc1cccc(CC(O)C(C)C2CC2)c1. The Bertz CT molecular complexity index is 344. The molecular formula is C14H20O2. The van der Waals surface area contributed by atoms with Crippen molar-refractivity contribution < 1.29 is 9.84 Å². The molecule has 88 valence electrons. The second kappa shape index (κ2) is 4.88. The molecule has 1 N–H and O–H groups in total. The number of hydrogen-bond acceptors (Lipinski definition) is 2. The fraction of sp³-hybridized carbons (Fsp3) is 0.571. The number of aliphatic hydroxyl groups excluding tert-OH is 1. The molecule has 2 nitrogen and oxygen atoms in total. The first-order valence-corrected chi connectivity index (χ1v) is 6.01. The van der Waals surface area contributed by atoms with Crippen LogP contribution in [-0.2, 0) is 6.42 Å². The number of hydrogen-bond donors (Lipinski definition) is 1. The molecule has 0 amide bonds. The summed E-state index contributed by atoms with van der Waals surface area (Å²) >= 11 is 0. The van der Waals surface area contributed by atoms with Gasteiger partial charge in [-0.1, -0.05) is 19.1 Å². The van der Waals surface area contributed by atoms with Crippen LogP contribution in [0.4, 0.5) is 0 Å². The highest BCUT2D eigenvalue weighted by atomic mass is 16.5. The lowest BCUT2D eigenvalue weighted by molar-refractivity contribution is 0.105. The van der Waals surface area contributed by atoms with Crippen LogP contribution in [0, 0.1) is 11.8 Å². The monoisotopic (exact) mass is 220 g/mol. The molecule has 0 aliphatic heterocycles. The van der Waals surface area contributed by atoms with Crippen molar-refractivity contribution in [3.05, 3.63) is 29.8 Å². The van der Waals surface area contributed by atoms with E-state index in [-0.39, 0.29) is 6.10 Å². The summed E-state index contributed by atoms with van der Waals surface area (Å²) in [6.07, 6.45) is 3.08. The van der Waals surface area contributed by atoms with E-state index in [4.69, 9.17) is 4.74 Å². The Morgan fingerprint density at radius 2 is 2.19 bits per heavy atom. The second-order valence-electron chi connectivity index (χ2n) is 4.82. The van der Waals surface area contributed by atoms with Crippen LogP contribution in [0.5, 0.6) is 5.75 Å². The molecule has 0 bridgehead atoms. The van der Waals surface area contributed by atoms with E-state index in [2.05, 4.69) is 6.92 Å². The van der Waals surface area contributed by atoms with Crippen LogP contribution >= 0.6 is 0 Å². The van der Waals surface area contributed by atoms with Crippen molar-refractivity contribution in [1.82, 2.24) is 0 Å². The number of aliphatic hydroxyl groups is 1. The van der Waals surface area contributed by atoms with Gasteiger partial charge >= 0.3 is 0 Å². The molecule has 16 heavy (non-hydrogen) atoms. The minimum absolute atomic E-state index is 0.223. The lowest BCUT2D eigenvalue weighted by atomic mass is 9.94. The van der Waals surface area contributed by atoms with E-state index in [0.717, 1.165) is 23.7 Å². The van der Waals surface area contributed by atoms with Crippen LogP contribution in [0.25, 0.3) is 0 Å². The lowest BCUT2D eigenvalue weighted by Gasteiger charge is -2.18. The lowest BCUT2D eigenvalue weighted by Crippen LogP contribution is -2.21. The minimum atomic E-state index is -0.223. The number of benzene rings is 1. The van der Waals surface area contributed by atoms with Crippen LogP contribution in [0.1, 0.15) is 25.3 Å². The summed E-state index contributed by atoms with van der Waals surface area (Å²) in [4.78, 5) is 0. The van der Waals surface area contributed by atoms with E-state index in [0.29, 0.717) is 5.92 Å². The van der Waals surface area contributed by atoms with Gasteiger partial charge in [-0.25, -0.2) is 0 Å². The molecule has 2 unspecified atom stereocenters. The molecule has 1 aliphatic carbocycles. The van der Waals surface area contributed by atoms with Gasteiger partial charge in [-0.2, -0.15) is 0 Å². The summed E-state index contributed by atoms with van der Waals surface area (Å²) in [6, 6.07) is 7.96. The van der Waals surface area contributed by atoms with E-state index in [9.17, 15) is 5.11 Å². The van der Waals surface area contributed by atoms with Crippen LogP contribution in [-0.4, -0.2) is 18.3 Å². The third-order valence-electron chi connectivity index (χ3n) is 3.55. The smallest absolute Gasteiger partial charge is 0.119 e. The van der Waals surface area contributed by atoms with Gasteiger partial charge < -0.3 is 9.84 Å². The zero-order valence-corrected chi connectivity index (χ0v) is 10.0. The average molecular weight is 220 g/mol. The van der Waals surface area contributed by atoms with Gasteiger partial charge in [0.25, 0.3) is 0 Å². The molecular weight excluding hydrogens is 200 g/mol. The topological polar surface area (TPSA) is 29.5 Å². The van der Waals surface area contributed by atoms with Gasteiger partial charge in [0.05, 0.1) is 13.2 Å². The number of methoxy groups -OCH3 is 1. The molecule has 0 radical (unpaired) electrons. The predicted molar refractivity (Wildman–Crippen MR) is 64.6 cm³/mol. The third kappa shape index (κ3) is 2.76. The molecule has 1 aromatic rings. The first kappa shape index (κ1) is 11.5. The van der Waals surface area contributed by atoms with Crippen LogP contribution in [0.15, 0.2) is 24.3 Å². The Labute approximate surface area is 97.3 Å². The first-order chi connectivity index (χ1) is 7.70. The fourth-order valence-electron chi connectivity index (χ4n) is 2.16. The van der Waals surface area contributed by atoms with Crippen molar-refractivity contribution in [1.29, 1.82) is 0 Å². The van der Waals surface area contributed by atoms with E-state index in [1.165, 1.54) is 12.8 Å². The van der Waals surface area contributed by atoms with Crippen LogP contribution < -0.4 is 4.74 Å². The van der Waals surface area contributed by atoms with Crippen LogP contribution in [0.2, 0.25) is 0 Å². The molecule has 2 heteroatoms. The molecule has 0 heterocycles. The highest BCUT2D eigenvalue weighted by Gasteiger charge is 2.32. The zero-order chi connectivity index (χ0) is 11.5. The van der Waals surface area contributed by atoms with Crippen LogP contribution in [0.3, 0.4) is 0 Å². The van der Waals surface area contributed by atoms with E-state index in [1.54, 1.807) is 7.11 Å². The second-order valence-corrected chi connectivity index (χ2v) is 4.82. The summed E-state index contributed by atoms with van der Waals surface area (Å²) in [5.41, 5.74) is 1.15. The maximum atomic E-state index is 10.1. The molecule has 2 atom stereocenters. The third-order valence-corrected chi connectivity index (χ3v) is 3.55. The van der Waals surface area contributed by atoms with Crippen molar-refractivity contribution >= 4 is 0 Å². The molecule has 1 aromatic carbocycles. The Balaban J connectivity index is 1.96. The van der Waals surface area contributed by atoms with Crippen molar-refractivity contribution in [3.63, 3.8) is 0 Å². The van der Waals surface area contributed by atoms with Crippen molar-refractivity contribution in [2.24, 2.45) is 11.8 Å². The Morgan fingerprint density at radius 3 is 2.81 bits per heavy atom. The standard InChI is InChI=1S/C14H20O2/c1-10(12-6-7-12)14(15)9-11-4-3-5-13(8-11)16-2/h3-5,8,10,12,14-15H,6-7,9H2,1-2H3. The van der Waals surface area contributed by atoms with E-state index >= 15 is 0 Å². The van der Waals surface area contributed by atoms with Crippen molar-refractivity contribution in [2.45, 2.75) is 32.3 Å².